The summed E-state index contributed by atoms with van der Waals surface area (Å²) in [6, 6.07) is 7.33. The number of rotatable bonds is 5. The van der Waals surface area contributed by atoms with Gasteiger partial charge in [0.25, 0.3) is 0 Å². The lowest BCUT2D eigenvalue weighted by Gasteiger charge is -2.17. The fraction of sp³-hybridized carbons (Fsp3) is 0.500. The molecule has 2 atom stereocenters. The summed E-state index contributed by atoms with van der Waals surface area (Å²) in [4.78, 5) is 11.8. The summed E-state index contributed by atoms with van der Waals surface area (Å²) in [7, 11) is 0. The van der Waals surface area contributed by atoms with Gasteiger partial charge in [0.15, 0.2) is 0 Å². The Morgan fingerprint density at radius 2 is 2.37 bits per heavy atom. The minimum Gasteiger partial charge on any atom is -0.487 e. The maximum absolute atomic E-state index is 11.8. The molecule has 104 valence electrons. The number of hydrogen-bond donors (Lipinski definition) is 2. The Bertz CT molecular complexity index is 433. The third-order valence-corrected chi connectivity index (χ3v) is 3.47. The van der Waals surface area contributed by atoms with Crippen molar-refractivity contribution in [1.82, 2.24) is 10.6 Å². The molecule has 0 spiro atoms. The normalized spacial score (nSPS) is 20.0. The van der Waals surface area contributed by atoms with Crippen LogP contribution < -0.4 is 15.4 Å². The van der Waals surface area contributed by atoms with Crippen molar-refractivity contribution in [1.29, 1.82) is 0 Å². The summed E-state index contributed by atoms with van der Waals surface area (Å²) in [6.07, 6.45) is 0.796. The van der Waals surface area contributed by atoms with E-state index in [0.717, 1.165) is 19.5 Å². The van der Waals surface area contributed by atoms with E-state index in [1.54, 1.807) is 6.07 Å². The van der Waals surface area contributed by atoms with Gasteiger partial charge in [0.05, 0.1) is 17.5 Å². The zero-order valence-electron chi connectivity index (χ0n) is 11.0. The highest BCUT2D eigenvalue weighted by molar-refractivity contribution is 6.32. The number of hydrogen-bond acceptors (Lipinski definition) is 3. The second kappa shape index (κ2) is 6.78. The zero-order chi connectivity index (χ0) is 13.7. The van der Waals surface area contributed by atoms with Crippen molar-refractivity contribution >= 4 is 17.5 Å². The lowest BCUT2D eigenvalue weighted by Crippen LogP contribution is -2.38. The second-order valence-corrected chi connectivity index (χ2v) is 5.20. The van der Waals surface area contributed by atoms with Crippen molar-refractivity contribution in [3.8, 4) is 5.75 Å². The molecule has 0 saturated carbocycles. The standard InChI is InChI=1S/C14H19ClN2O2/c1-10(19-13-5-3-2-4-12(13)15)8-17-14(18)11-6-7-16-9-11/h2-5,10-11,16H,6-9H2,1H3,(H,17,18). The summed E-state index contributed by atoms with van der Waals surface area (Å²) >= 11 is 6.01. The highest BCUT2D eigenvalue weighted by Gasteiger charge is 2.22. The molecule has 1 saturated heterocycles. The Morgan fingerprint density at radius 1 is 1.58 bits per heavy atom. The quantitative estimate of drug-likeness (QED) is 0.866. The van der Waals surface area contributed by atoms with Gasteiger partial charge in [0, 0.05) is 6.54 Å². The third-order valence-electron chi connectivity index (χ3n) is 3.16. The first-order chi connectivity index (χ1) is 9.16. The summed E-state index contributed by atoms with van der Waals surface area (Å²) < 4.78 is 5.70. The molecule has 0 aromatic heterocycles. The van der Waals surface area contributed by atoms with Gasteiger partial charge in [-0.2, -0.15) is 0 Å². The van der Waals surface area contributed by atoms with Crippen LogP contribution >= 0.6 is 11.6 Å². The molecule has 0 aliphatic carbocycles. The van der Waals surface area contributed by atoms with Crippen molar-refractivity contribution in [2.45, 2.75) is 19.4 Å². The van der Waals surface area contributed by atoms with Crippen LogP contribution in [0.15, 0.2) is 24.3 Å². The number of halogens is 1. The van der Waals surface area contributed by atoms with Gasteiger partial charge in [-0.3, -0.25) is 4.79 Å². The van der Waals surface area contributed by atoms with Gasteiger partial charge >= 0.3 is 0 Å². The average molecular weight is 283 g/mol. The summed E-state index contributed by atoms with van der Waals surface area (Å²) in [5, 5.41) is 6.68. The van der Waals surface area contributed by atoms with E-state index < -0.39 is 0 Å². The fourth-order valence-electron chi connectivity index (χ4n) is 2.07. The molecular formula is C14H19ClN2O2. The molecule has 2 rings (SSSR count). The van der Waals surface area contributed by atoms with E-state index in [1.165, 1.54) is 0 Å². The largest absolute Gasteiger partial charge is 0.487 e. The zero-order valence-corrected chi connectivity index (χ0v) is 11.7. The molecule has 1 aliphatic heterocycles. The number of nitrogens with one attached hydrogen (secondary N) is 2. The van der Waals surface area contributed by atoms with E-state index in [-0.39, 0.29) is 17.9 Å². The number of benzene rings is 1. The number of amides is 1. The Balaban J connectivity index is 1.76. The highest BCUT2D eigenvalue weighted by Crippen LogP contribution is 2.24. The first kappa shape index (κ1) is 14.2. The molecule has 0 radical (unpaired) electrons. The summed E-state index contributed by atoms with van der Waals surface area (Å²) in [5.74, 6) is 0.834. The van der Waals surface area contributed by atoms with Crippen LogP contribution in [-0.2, 0) is 4.79 Å². The van der Waals surface area contributed by atoms with Crippen molar-refractivity contribution in [3.63, 3.8) is 0 Å². The lowest BCUT2D eigenvalue weighted by molar-refractivity contribution is -0.124. The van der Waals surface area contributed by atoms with Crippen LogP contribution in [0.1, 0.15) is 13.3 Å². The Hall–Kier alpha value is -1.26. The van der Waals surface area contributed by atoms with Crippen LogP contribution in [0, 0.1) is 5.92 Å². The average Bonchev–Trinajstić information content (AvgIpc) is 2.93. The minimum absolute atomic E-state index is 0.0903. The van der Waals surface area contributed by atoms with Crippen LogP contribution in [-0.4, -0.2) is 31.6 Å². The van der Waals surface area contributed by atoms with Gasteiger partial charge in [-0.1, -0.05) is 23.7 Å². The van der Waals surface area contributed by atoms with Gasteiger partial charge in [0.1, 0.15) is 11.9 Å². The van der Waals surface area contributed by atoms with Crippen LogP contribution in [0.3, 0.4) is 0 Å². The number of para-hydroxylation sites is 1. The number of ether oxygens (including phenoxy) is 1. The molecule has 0 bridgehead atoms. The summed E-state index contributed by atoms with van der Waals surface area (Å²) in [6.45, 7) is 4.09. The first-order valence-electron chi connectivity index (χ1n) is 6.56. The molecule has 2 unspecified atom stereocenters. The molecule has 4 nitrogen and oxygen atoms in total. The number of carbonyl (C=O) groups is 1. The minimum atomic E-state index is -0.113. The molecule has 19 heavy (non-hydrogen) atoms. The van der Waals surface area contributed by atoms with Crippen molar-refractivity contribution < 1.29 is 9.53 Å². The van der Waals surface area contributed by atoms with Gasteiger partial charge in [-0.15, -0.1) is 0 Å². The monoisotopic (exact) mass is 282 g/mol. The van der Waals surface area contributed by atoms with E-state index in [1.807, 2.05) is 25.1 Å². The van der Waals surface area contributed by atoms with E-state index in [9.17, 15) is 4.79 Å². The first-order valence-corrected chi connectivity index (χ1v) is 6.94. The molecule has 1 fully saturated rings. The fourth-order valence-corrected chi connectivity index (χ4v) is 2.25. The topological polar surface area (TPSA) is 50.4 Å². The Morgan fingerprint density at radius 3 is 3.05 bits per heavy atom. The van der Waals surface area contributed by atoms with Crippen LogP contribution in [0.4, 0.5) is 0 Å². The number of carbonyl (C=O) groups excluding carboxylic acids is 1. The highest BCUT2D eigenvalue weighted by atomic mass is 35.5. The van der Waals surface area contributed by atoms with E-state index in [4.69, 9.17) is 16.3 Å². The summed E-state index contributed by atoms with van der Waals surface area (Å²) in [5.41, 5.74) is 0. The SMILES string of the molecule is CC(CNC(=O)C1CCNC1)Oc1ccccc1Cl. The van der Waals surface area contributed by atoms with E-state index in [0.29, 0.717) is 17.3 Å². The molecule has 1 aromatic carbocycles. The van der Waals surface area contributed by atoms with Gasteiger partial charge < -0.3 is 15.4 Å². The van der Waals surface area contributed by atoms with E-state index >= 15 is 0 Å². The molecule has 1 amide bonds. The van der Waals surface area contributed by atoms with Gasteiger partial charge in [0.2, 0.25) is 5.91 Å². The van der Waals surface area contributed by atoms with E-state index in [2.05, 4.69) is 10.6 Å². The van der Waals surface area contributed by atoms with Crippen LogP contribution in [0.2, 0.25) is 5.02 Å². The maximum Gasteiger partial charge on any atom is 0.224 e. The lowest BCUT2D eigenvalue weighted by atomic mass is 10.1. The van der Waals surface area contributed by atoms with Gasteiger partial charge in [-0.25, -0.2) is 0 Å². The van der Waals surface area contributed by atoms with Crippen molar-refractivity contribution in [2.24, 2.45) is 5.92 Å². The third kappa shape index (κ3) is 4.11. The van der Waals surface area contributed by atoms with Crippen LogP contribution in [0.25, 0.3) is 0 Å². The molecule has 1 heterocycles. The molecule has 2 N–H and O–H groups in total. The van der Waals surface area contributed by atoms with Gasteiger partial charge in [-0.05, 0) is 32.0 Å². The smallest absolute Gasteiger partial charge is 0.224 e. The maximum atomic E-state index is 11.8. The predicted octanol–water partition coefficient (Wildman–Crippen LogP) is 1.83. The Labute approximate surface area is 118 Å². The predicted molar refractivity (Wildman–Crippen MR) is 75.5 cm³/mol. The molecule has 1 aromatic rings. The van der Waals surface area contributed by atoms with Crippen LogP contribution in [0.5, 0.6) is 5.75 Å². The molecule has 1 aliphatic rings. The second-order valence-electron chi connectivity index (χ2n) is 4.79. The molecular weight excluding hydrogens is 264 g/mol. The van der Waals surface area contributed by atoms with Crippen molar-refractivity contribution in [3.05, 3.63) is 29.3 Å². The Kier molecular flexibility index (Phi) is 5.05. The molecule has 5 heteroatoms. The van der Waals surface area contributed by atoms with Crippen molar-refractivity contribution in [2.75, 3.05) is 19.6 Å².